The predicted octanol–water partition coefficient (Wildman–Crippen LogP) is 6.71. The second-order valence-corrected chi connectivity index (χ2v) is 10.9. The van der Waals surface area contributed by atoms with Gasteiger partial charge in [0, 0.05) is 10.2 Å². The molecular formula is C27H22BrIN2O5S. The van der Waals surface area contributed by atoms with Crippen LogP contribution in [0.15, 0.2) is 76.1 Å². The van der Waals surface area contributed by atoms with Crippen LogP contribution in [0, 0.1) is 3.57 Å². The molecule has 1 heterocycles. The van der Waals surface area contributed by atoms with Gasteiger partial charge in [-0.2, -0.15) is 0 Å². The van der Waals surface area contributed by atoms with Crippen molar-refractivity contribution in [1.29, 1.82) is 0 Å². The molecule has 1 fully saturated rings. The van der Waals surface area contributed by atoms with E-state index in [9.17, 15) is 14.4 Å². The predicted molar refractivity (Wildman–Crippen MR) is 157 cm³/mol. The summed E-state index contributed by atoms with van der Waals surface area (Å²) in [6, 6.07) is 20.3. The highest BCUT2D eigenvalue weighted by molar-refractivity contribution is 14.1. The van der Waals surface area contributed by atoms with Crippen LogP contribution in [0.1, 0.15) is 18.1 Å². The number of amides is 3. The lowest BCUT2D eigenvalue weighted by molar-refractivity contribution is -0.127. The Morgan fingerprint density at radius 3 is 2.46 bits per heavy atom. The lowest BCUT2D eigenvalue weighted by atomic mass is 10.2. The van der Waals surface area contributed by atoms with Gasteiger partial charge in [0.15, 0.2) is 0 Å². The summed E-state index contributed by atoms with van der Waals surface area (Å²) in [5, 5.41) is 2.21. The number of carbonyl (C=O) groups excluding carboxylic acids is 3. The molecule has 4 rings (SSSR count). The number of hydrogen-bond donors (Lipinski definition) is 1. The molecule has 0 radical (unpaired) electrons. The van der Waals surface area contributed by atoms with Crippen molar-refractivity contribution in [2.75, 3.05) is 18.5 Å². The molecule has 1 N–H and O–H groups in total. The maximum absolute atomic E-state index is 12.8. The monoisotopic (exact) mass is 692 g/mol. The van der Waals surface area contributed by atoms with E-state index in [-0.39, 0.29) is 11.4 Å². The molecule has 37 heavy (non-hydrogen) atoms. The number of imide groups is 1. The maximum atomic E-state index is 12.8. The first-order chi connectivity index (χ1) is 17.8. The summed E-state index contributed by atoms with van der Waals surface area (Å²) in [5.41, 5.74) is 2.35. The van der Waals surface area contributed by atoms with Crippen molar-refractivity contribution in [3.8, 4) is 11.5 Å². The van der Waals surface area contributed by atoms with Crippen LogP contribution in [-0.2, 0) is 16.2 Å². The highest BCUT2D eigenvalue weighted by Crippen LogP contribution is 2.33. The molecule has 0 atom stereocenters. The summed E-state index contributed by atoms with van der Waals surface area (Å²) in [6.07, 6.45) is 1.65. The molecule has 1 saturated heterocycles. The van der Waals surface area contributed by atoms with E-state index in [1.807, 2.05) is 49.4 Å². The molecule has 0 aliphatic carbocycles. The lowest BCUT2D eigenvalue weighted by Gasteiger charge is -2.13. The molecule has 0 unspecified atom stereocenters. The molecule has 1 aliphatic heterocycles. The van der Waals surface area contributed by atoms with Crippen molar-refractivity contribution in [2.24, 2.45) is 0 Å². The first-order valence-electron chi connectivity index (χ1n) is 11.3. The smallest absolute Gasteiger partial charge is 0.294 e. The molecule has 10 heteroatoms. The summed E-state index contributed by atoms with van der Waals surface area (Å²) < 4.78 is 13.2. The quantitative estimate of drug-likeness (QED) is 0.198. The highest BCUT2D eigenvalue weighted by Gasteiger charge is 2.36. The van der Waals surface area contributed by atoms with E-state index in [1.165, 1.54) is 0 Å². The van der Waals surface area contributed by atoms with Gasteiger partial charge in [-0.25, -0.2) is 0 Å². The van der Waals surface area contributed by atoms with E-state index in [1.54, 1.807) is 30.3 Å². The number of benzene rings is 3. The molecule has 190 valence electrons. The molecule has 0 aromatic heterocycles. The van der Waals surface area contributed by atoms with Crippen LogP contribution in [0.3, 0.4) is 0 Å². The fraction of sp³-hybridized carbons (Fsp3) is 0.148. The minimum absolute atomic E-state index is 0.262. The molecule has 0 saturated carbocycles. The molecule has 3 aromatic rings. The van der Waals surface area contributed by atoms with Crippen LogP contribution in [0.5, 0.6) is 11.5 Å². The van der Waals surface area contributed by atoms with E-state index >= 15 is 0 Å². The van der Waals surface area contributed by atoms with Gasteiger partial charge in [-0.05, 0) is 107 Å². The van der Waals surface area contributed by atoms with E-state index in [0.29, 0.717) is 24.7 Å². The van der Waals surface area contributed by atoms with E-state index in [4.69, 9.17) is 9.47 Å². The summed E-state index contributed by atoms with van der Waals surface area (Å²) in [5.74, 6) is 0.451. The van der Waals surface area contributed by atoms with Gasteiger partial charge >= 0.3 is 0 Å². The Balaban J connectivity index is 1.36. The van der Waals surface area contributed by atoms with Crippen LogP contribution < -0.4 is 14.8 Å². The summed E-state index contributed by atoms with van der Waals surface area (Å²) in [6.45, 7) is 2.50. The summed E-state index contributed by atoms with van der Waals surface area (Å²) >= 11 is 6.41. The summed E-state index contributed by atoms with van der Waals surface area (Å²) in [4.78, 5) is 39.0. The van der Waals surface area contributed by atoms with Crippen LogP contribution in [-0.4, -0.2) is 35.1 Å². The van der Waals surface area contributed by atoms with Crippen molar-refractivity contribution >= 4 is 79.1 Å². The fourth-order valence-corrected chi connectivity index (χ4v) is 5.20. The van der Waals surface area contributed by atoms with Crippen molar-refractivity contribution in [3.63, 3.8) is 0 Å². The highest BCUT2D eigenvalue weighted by atomic mass is 127. The second kappa shape index (κ2) is 12.6. The van der Waals surface area contributed by atoms with E-state index in [2.05, 4.69) is 43.8 Å². The molecule has 0 spiro atoms. The SMILES string of the molecule is CCOc1ccc(NC(=O)CN2C(=O)S/C(=C/c3ccc(OCc4ccc(Br)cc4)c(I)c3)C2=O)cc1. The van der Waals surface area contributed by atoms with Crippen molar-refractivity contribution in [3.05, 3.63) is 90.8 Å². The van der Waals surface area contributed by atoms with Crippen molar-refractivity contribution in [1.82, 2.24) is 4.90 Å². The van der Waals surface area contributed by atoms with Crippen molar-refractivity contribution < 1.29 is 23.9 Å². The van der Waals surface area contributed by atoms with Gasteiger partial charge in [0.25, 0.3) is 11.1 Å². The number of halogens is 2. The average Bonchev–Trinajstić information content (AvgIpc) is 3.13. The Labute approximate surface area is 240 Å². The standard InChI is InChI=1S/C27H22BrIN2O5S/c1-2-35-21-10-8-20(9-11-21)30-25(32)15-31-26(33)24(37-27(31)34)14-18-5-12-23(22(29)13-18)36-16-17-3-6-19(28)7-4-17/h3-14H,2,15-16H2,1H3,(H,30,32)/b24-14+. The largest absolute Gasteiger partial charge is 0.494 e. The maximum Gasteiger partial charge on any atom is 0.294 e. The van der Waals surface area contributed by atoms with Gasteiger partial charge in [-0.3, -0.25) is 19.3 Å². The Morgan fingerprint density at radius 1 is 1.05 bits per heavy atom. The third-order valence-electron chi connectivity index (χ3n) is 5.19. The zero-order valence-corrected chi connectivity index (χ0v) is 24.3. The van der Waals surface area contributed by atoms with Gasteiger partial charge in [0.05, 0.1) is 15.1 Å². The number of ether oxygens (including phenoxy) is 2. The molecule has 3 aromatic carbocycles. The van der Waals surface area contributed by atoms with Crippen LogP contribution in [0.25, 0.3) is 6.08 Å². The molecule has 0 bridgehead atoms. The summed E-state index contributed by atoms with van der Waals surface area (Å²) in [7, 11) is 0. The Hall–Kier alpha value is -2.83. The molecule has 1 aliphatic rings. The minimum Gasteiger partial charge on any atom is -0.494 e. The average molecular weight is 693 g/mol. The van der Waals surface area contributed by atoms with Gasteiger partial charge in [0.2, 0.25) is 5.91 Å². The van der Waals surface area contributed by atoms with Crippen LogP contribution >= 0.6 is 50.3 Å². The fourth-order valence-electron chi connectivity index (χ4n) is 3.40. The van der Waals surface area contributed by atoms with Gasteiger partial charge in [-0.15, -0.1) is 0 Å². The van der Waals surface area contributed by atoms with E-state index in [0.717, 1.165) is 41.6 Å². The first-order valence-corrected chi connectivity index (χ1v) is 14.0. The van der Waals surface area contributed by atoms with E-state index < -0.39 is 17.1 Å². The second-order valence-electron chi connectivity index (χ2n) is 7.88. The third-order valence-corrected chi connectivity index (χ3v) is 7.46. The van der Waals surface area contributed by atoms with Crippen LogP contribution in [0.2, 0.25) is 0 Å². The topological polar surface area (TPSA) is 84.9 Å². The lowest BCUT2D eigenvalue weighted by Crippen LogP contribution is -2.36. The number of nitrogens with zero attached hydrogens (tertiary/aromatic N) is 1. The Morgan fingerprint density at radius 2 is 1.78 bits per heavy atom. The van der Waals surface area contributed by atoms with Crippen molar-refractivity contribution in [2.45, 2.75) is 13.5 Å². The Kier molecular flexibility index (Phi) is 9.28. The van der Waals surface area contributed by atoms with Gasteiger partial charge in [-0.1, -0.05) is 34.1 Å². The number of rotatable bonds is 9. The zero-order chi connectivity index (χ0) is 26.4. The van der Waals surface area contributed by atoms with Crippen LogP contribution in [0.4, 0.5) is 10.5 Å². The van der Waals surface area contributed by atoms with Gasteiger partial charge < -0.3 is 14.8 Å². The first kappa shape index (κ1) is 27.2. The zero-order valence-electron chi connectivity index (χ0n) is 19.7. The number of hydrogen-bond acceptors (Lipinski definition) is 6. The molecule has 7 nitrogen and oxygen atoms in total. The molecular weight excluding hydrogens is 671 g/mol. The normalized spacial score (nSPS) is 14.2. The number of carbonyl (C=O) groups is 3. The third kappa shape index (κ3) is 7.36. The molecule has 3 amide bonds. The number of anilines is 1. The number of thioether (sulfide) groups is 1. The van der Waals surface area contributed by atoms with Gasteiger partial charge in [0.1, 0.15) is 24.7 Å². The number of nitrogens with one attached hydrogen (secondary N) is 1. The Bertz CT molecular complexity index is 1350. The minimum atomic E-state index is -0.498.